The first-order valence-electron chi connectivity index (χ1n) is 7.76. The molecule has 0 N–H and O–H groups in total. The number of hydrogen-bond donors (Lipinski definition) is 0. The second-order valence-corrected chi connectivity index (χ2v) is 5.88. The van der Waals surface area contributed by atoms with Crippen LogP contribution in [0.25, 0.3) is 5.65 Å². The summed E-state index contributed by atoms with van der Waals surface area (Å²) < 4.78 is 7.15. The van der Waals surface area contributed by atoms with Crippen LogP contribution in [-0.2, 0) is 6.54 Å². The minimum atomic E-state index is 0.812. The minimum Gasteiger partial charge on any atom is -0.361 e. The fraction of sp³-hybridized carbons (Fsp3) is 0.467. The van der Waals surface area contributed by atoms with Gasteiger partial charge in [-0.05, 0) is 13.8 Å². The molecule has 8 nitrogen and oxygen atoms in total. The van der Waals surface area contributed by atoms with Gasteiger partial charge in [-0.15, -0.1) is 10.2 Å². The van der Waals surface area contributed by atoms with E-state index in [2.05, 4.69) is 30.1 Å². The standard InChI is InChI=1S/C15H19N7O/c1-11-13(12(2)23-19-11)9-20-5-7-21(8-6-20)14-15-18-17-10-22(15)4-3-16-14/h3-4,10H,5-9H2,1-2H3. The Labute approximate surface area is 133 Å². The maximum Gasteiger partial charge on any atom is 0.203 e. The number of hydrogen-bond acceptors (Lipinski definition) is 7. The molecule has 4 rings (SSSR count). The van der Waals surface area contributed by atoms with Crippen molar-refractivity contribution in [2.24, 2.45) is 0 Å². The predicted molar refractivity (Wildman–Crippen MR) is 84.2 cm³/mol. The van der Waals surface area contributed by atoms with Gasteiger partial charge in [0.2, 0.25) is 5.65 Å². The monoisotopic (exact) mass is 313 g/mol. The van der Waals surface area contributed by atoms with Crippen LogP contribution in [-0.4, -0.2) is 55.8 Å². The van der Waals surface area contributed by atoms with Gasteiger partial charge >= 0.3 is 0 Å². The summed E-state index contributed by atoms with van der Waals surface area (Å²) in [5, 5.41) is 12.2. The highest BCUT2D eigenvalue weighted by Crippen LogP contribution is 2.20. The Morgan fingerprint density at radius 2 is 2.00 bits per heavy atom. The summed E-state index contributed by atoms with van der Waals surface area (Å²) in [4.78, 5) is 9.19. The molecular weight excluding hydrogens is 294 g/mol. The molecule has 1 saturated heterocycles. The molecule has 0 aliphatic carbocycles. The highest BCUT2D eigenvalue weighted by atomic mass is 16.5. The highest BCUT2D eigenvalue weighted by Gasteiger charge is 2.22. The third kappa shape index (κ3) is 2.55. The third-order valence-corrected chi connectivity index (χ3v) is 4.43. The van der Waals surface area contributed by atoms with E-state index in [1.807, 2.05) is 24.4 Å². The van der Waals surface area contributed by atoms with E-state index in [9.17, 15) is 0 Å². The smallest absolute Gasteiger partial charge is 0.203 e. The number of aryl methyl sites for hydroxylation is 2. The molecule has 0 unspecified atom stereocenters. The van der Waals surface area contributed by atoms with Crippen LogP contribution in [0.1, 0.15) is 17.0 Å². The largest absolute Gasteiger partial charge is 0.361 e. The van der Waals surface area contributed by atoms with E-state index in [-0.39, 0.29) is 0 Å². The Hall–Kier alpha value is -2.48. The second kappa shape index (κ2) is 5.62. The Bertz CT molecular complexity index is 797. The SMILES string of the molecule is Cc1noc(C)c1CN1CCN(c2nccn3cnnc23)CC1. The van der Waals surface area contributed by atoms with Crippen LogP contribution < -0.4 is 4.90 Å². The van der Waals surface area contributed by atoms with E-state index in [1.54, 1.807) is 12.5 Å². The first-order valence-corrected chi connectivity index (χ1v) is 7.76. The van der Waals surface area contributed by atoms with Gasteiger partial charge in [0.1, 0.15) is 12.1 Å². The number of anilines is 1. The molecule has 0 radical (unpaired) electrons. The van der Waals surface area contributed by atoms with Crippen molar-refractivity contribution < 1.29 is 4.52 Å². The summed E-state index contributed by atoms with van der Waals surface area (Å²) in [7, 11) is 0. The van der Waals surface area contributed by atoms with Gasteiger partial charge in [0, 0.05) is 50.7 Å². The molecule has 23 heavy (non-hydrogen) atoms. The number of piperazine rings is 1. The van der Waals surface area contributed by atoms with Crippen molar-refractivity contribution in [3.8, 4) is 0 Å². The van der Waals surface area contributed by atoms with Crippen LogP contribution >= 0.6 is 0 Å². The van der Waals surface area contributed by atoms with Crippen molar-refractivity contribution >= 4 is 11.5 Å². The summed E-state index contributed by atoms with van der Waals surface area (Å²) in [5.74, 6) is 1.82. The molecule has 0 atom stereocenters. The van der Waals surface area contributed by atoms with Gasteiger partial charge < -0.3 is 9.42 Å². The van der Waals surface area contributed by atoms with Crippen molar-refractivity contribution in [2.45, 2.75) is 20.4 Å². The average Bonchev–Trinajstić information content (AvgIpc) is 3.17. The van der Waals surface area contributed by atoms with E-state index in [1.165, 1.54) is 5.56 Å². The number of fused-ring (bicyclic) bond motifs is 1. The van der Waals surface area contributed by atoms with E-state index < -0.39 is 0 Å². The maximum atomic E-state index is 5.25. The molecule has 1 fully saturated rings. The first-order chi connectivity index (χ1) is 11.2. The van der Waals surface area contributed by atoms with Crippen LogP contribution in [0.3, 0.4) is 0 Å². The minimum absolute atomic E-state index is 0.812. The van der Waals surface area contributed by atoms with Gasteiger partial charge in [-0.1, -0.05) is 5.16 Å². The number of rotatable bonds is 3. The van der Waals surface area contributed by atoms with Crippen molar-refractivity contribution in [3.63, 3.8) is 0 Å². The first kappa shape index (κ1) is 14.1. The Balaban J connectivity index is 1.46. The lowest BCUT2D eigenvalue weighted by atomic mass is 10.2. The molecular formula is C15H19N7O. The third-order valence-electron chi connectivity index (χ3n) is 4.43. The van der Waals surface area contributed by atoms with E-state index >= 15 is 0 Å². The Morgan fingerprint density at radius 1 is 1.17 bits per heavy atom. The zero-order valence-electron chi connectivity index (χ0n) is 13.3. The van der Waals surface area contributed by atoms with Crippen LogP contribution in [0.4, 0.5) is 5.82 Å². The van der Waals surface area contributed by atoms with Gasteiger partial charge in [-0.3, -0.25) is 9.30 Å². The topological polar surface area (TPSA) is 75.6 Å². The maximum absolute atomic E-state index is 5.25. The normalized spacial score (nSPS) is 16.3. The van der Waals surface area contributed by atoms with Crippen LogP contribution in [0, 0.1) is 13.8 Å². The van der Waals surface area contributed by atoms with E-state index in [0.29, 0.717) is 0 Å². The molecule has 0 aromatic carbocycles. The Morgan fingerprint density at radius 3 is 2.74 bits per heavy atom. The van der Waals surface area contributed by atoms with Gasteiger partial charge in [0.25, 0.3) is 0 Å². The molecule has 0 spiro atoms. The fourth-order valence-corrected chi connectivity index (χ4v) is 3.04. The van der Waals surface area contributed by atoms with E-state index in [0.717, 1.165) is 55.6 Å². The molecule has 120 valence electrons. The van der Waals surface area contributed by atoms with Gasteiger partial charge in [0.15, 0.2) is 5.82 Å². The quantitative estimate of drug-likeness (QED) is 0.715. The zero-order valence-corrected chi connectivity index (χ0v) is 13.3. The molecule has 0 amide bonds. The average molecular weight is 313 g/mol. The molecule has 0 saturated carbocycles. The molecule has 1 aliphatic heterocycles. The van der Waals surface area contributed by atoms with Gasteiger partial charge in [0.05, 0.1) is 5.69 Å². The molecule has 0 bridgehead atoms. The van der Waals surface area contributed by atoms with Gasteiger partial charge in [-0.2, -0.15) is 0 Å². The Kier molecular flexibility index (Phi) is 3.45. The van der Waals surface area contributed by atoms with Crippen molar-refractivity contribution in [3.05, 3.63) is 35.7 Å². The molecule has 4 heterocycles. The molecule has 3 aromatic heterocycles. The molecule has 8 heteroatoms. The zero-order chi connectivity index (χ0) is 15.8. The van der Waals surface area contributed by atoms with Crippen LogP contribution in [0.5, 0.6) is 0 Å². The summed E-state index contributed by atoms with van der Waals surface area (Å²) >= 11 is 0. The lowest BCUT2D eigenvalue weighted by Crippen LogP contribution is -2.46. The summed E-state index contributed by atoms with van der Waals surface area (Å²) in [5.41, 5.74) is 3.00. The summed E-state index contributed by atoms with van der Waals surface area (Å²) in [6.07, 6.45) is 5.36. The van der Waals surface area contributed by atoms with E-state index in [4.69, 9.17) is 4.52 Å². The number of aromatic nitrogens is 5. The predicted octanol–water partition coefficient (Wildman–Crippen LogP) is 1.05. The second-order valence-electron chi connectivity index (χ2n) is 5.88. The molecule has 1 aliphatic rings. The van der Waals surface area contributed by atoms with Crippen LogP contribution in [0.15, 0.2) is 23.2 Å². The molecule has 3 aromatic rings. The number of nitrogens with zero attached hydrogens (tertiary/aromatic N) is 7. The highest BCUT2D eigenvalue weighted by molar-refractivity contribution is 5.63. The summed E-state index contributed by atoms with van der Waals surface area (Å²) in [6, 6.07) is 0. The summed E-state index contributed by atoms with van der Waals surface area (Å²) in [6.45, 7) is 8.64. The van der Waals surface area contributed by atoms with Crippen molar-refractivity contribution in [2.75, 3.05) is 31.1 Å². The lowest BCUT2D eigenvalue weighted by Gasteiger charge is -2.35. The van der Waals surface area contributed by atoms with Gasteiger partial charge in [-0.25, -0.2) is 4.98 Å². The lowest BCUT2D eigenvalue weighted by molar-refractivity contribution is 0.247. The van der Waals surface area contributed by atoms with Crippen molar-refractivity contribution in [1.82, 2.24) is 29.6 Å². The fourth-order valence-electron chi connectivity index (χ4n) is 3.04. The van der Waals surface area contributed by atoms with Crippen LogP contribution in [0.2, 0.25) is 0 Å². The van der Waals surface area contributed by atoms with Crippen molar-refractivity contribution in [1.29, 1.82) is 0 Å².